The van der Waals surface area contributed by atoms with Crippen molar-refractivity contribution in [3.05, 3.63) is 54.4 Å². The number of nitrogens with one attached hydrogen (secondary N) is 1. The molecule has 0 unspecified atom stereocenters. The Balaban J connectivity index is 1.70. The van der Waals surface area contributed by atoms with E-state index in [0.717, 1.165) is 24.8 Å². The molecular weight excluding hydrogens is 446 g/mol. The van der Waals surface area contributed by atoms with Crippen molar-refractivity contribution < 1.29 is 14.3 Å². The quantitative estimate of drug-likeness (QED) is 0.522. The third-order valence-corrected chi connectivity index (χ3v) is 6.02. The summed E-state index contributed by atoms with van der Waals surface area (Å²) in [7, 11) is 5.55. The second-order valence-corrected chi connectivity index (χ2v) is 8.82. The van der Waals surface area contributed by atoms with Crippen LogP contribution in [0, 0.1) is 0 Å². The second-order valence-electron chi connectivity index (χ2n) is 8.82. The maximum atomic E-state index is 13.0. The highest BCUT2D eigenvalue weighted by atomic mass is 16.5. The van der Waals surface area contributed by atoms with Crippen LogP contribution in [0.3, 0.4) is 0 Å². The van der Waals surface area contributed by atoms with Crippen LogP contribution in [0.2, 0.25) is 0 Å². The molecule has 1 saturated heterocycles. The summed E-state index contributed by atoms with van der Waals surface area (Å²) < 4.78 is 7.66. The van der Waals surface area contributed by atoms with E-state index in [-0.39, 0.29) is 17.9 Å². The fourth-order valence-corrected chi connectivity index (χ4v) is 4.32. The molecule has 0 aliphatic carbocycles. The average molecular weight is 478 g/mol. The average Bonchev–Trinajstić information content (AvgIpc) is 3.05. The first-order chi connectivity index (χ1) is 17.0. The molecule has 0 spiro atoms. The Morgan fingerprint density at radius 2 is 2.09 bits per heavy atom. The standard InChI is InChI=1S/C25H31N7O3/c1-30(2)14-7-11-22(33)31-15-5-4-8-19(17-31)32-23-20(9-6-10-21(23)35-3)28-25(32)29-24(34)18-12-13-26-27-16-18/h6-7,9-13,16,19H,4-5,8,14-15,17H2,1-3H3,(H,28,29,34)/b11-7+/t19-/m1/s1. The number of likely N-dealkylation sites (tertiary alicyclic amines) is 1. The number of benzene rings is 1. The number of ether oxygens (including phenoxy) is 1. The van der Waals surface area contributed by atoms with Gasteiger partial charge in [-0.3, -0.25) is 14.9 Å². The molecular formula is C25H31N7O3. The summed E-state index contributed by atoms with van der Waals surface area (Å²) in [5, 5.41) is 10.5. The molecule has 1 atom stereocenters. The summed E-state index contributed by atoms with van der Waals surface area (Å²) in [4.78, 5) is 34.5. The third-order valence-electron chi connectivity index (χ3n) is 6.02. The number of rotatable bonds is 7. The molecule has 0 saturated carbocycles. The summed E-state index contributed by atoms with van der Waals surface area (Å²) >= 11 is 0. The van der Waals surface area contributed by atoms with E-state index < -0.39 is 0 Å². The summed E-state index contributed by atoms with van der Waals surface area (Å²) in [6, 6.07) is 7.15. The van der Waals surface area contributed by atoms with Gasteiger partial charge in [0.15, 0.2) is 0 Å². The number of para-hydroxylation sites is 1. The van der Waals surface area contributed by atoms with Gasteiger partial charge in [0.05, 0.1) is 36.6 Å². The Hall–Kier alpha value is -3.79. The number of hydrogen-bond acceptors (Lipinski definition) is 7. The van der Waals surface area contributed by atoms with Gasteiger partial charge in [-0.25, -0.2) is 4.98 Å². The number of amides is 2. The highest BCUT2D eigenvalue weighted by molar-refractivity contribution is 6.04. The fraction of sp³-hybridized carbons (Fsp3) is 0.400. The topological polar surface area (TPSA) is 105 Å². The highest BCUT2D eigenvalue weighted by Gasteiger charge is 2.28. The number of likely N-dealkylation sites (N-methyl/N-ethyl adjacent to an activating group) is 1. The Morgan fingerprint density at radius 3 is 2.83 bits per heavy atom. The first-order valence-corrected chi connectivity index (χ1v) is 11.7. The van der Waals surface area contributed by atoms with Gasteiger partial charge in [-0.1, -0.05) is 12.1 Å². The van der Waals surface area contributed by atoms with Crippen LogP contribution in [-0.2, 0) is 4.79 Å². The van der Waals surface area contributed by atoms with Crippen molar-refractivity contribution >= 4 is 28.8 Å². The lowest BCUT2D eigenvalue weighted by molar-refractivity contribution is -0.126. The minimum Gasteiger partial charge on any atom is -0.494 e. The molecule has 0 bridgehead atoms. The lowest BCUT2D eigenvalue weighted by Crippen LogP contribution is -2.34. The van der Waals surface area contributed by atoms with Gasteiger partial charge >= 0.3 is 0 Å². The van der Waals surface area contributed by atoms with Gasteiger partial charge in [0, 0.05) is 25.7 Å². The normalized spacial score (nSPS) is 16.6. The van der Waals surface area contributed by atoms with Crippen LogP contribution in [-0.4, -0.2) is 82.2 Å². The lowest BCUT2D eigenvalue weighted by Gasteiger charge is -2.26. The number of hydrogen-bond donors (Lipinski definition) is 1. The molecule has 0 radical (unpaired) electrons. The molecule has 4 rings (SSSR count). The van der Waals surface area contributed by atoms with Gasteiger partial charge in [0.2, 0.25) is 11.9 Å². The van der Waals surface area contributed by atoms with Crippen LogP contribution >= 0.6 is 0 Å². The predicted octanol–water partition coefficient (Wildman–Crippen LogP) is 2.76. The summed E-state index contributed by atoms with van der Waals surface area (Å²) in [5.74, 6) is 0.731. The third kappa shape index (κ3) is 5.65. The van der Waals surface area contributed by atoms with Crippen LogP contribution < -0.4 is 10.1 Å². The van der Waals surface area contributed by atoms with Crippen LogP contribution in [0.4, 0.5) is 5.95 Å². The van der Waals surface area contributed by atoms with E-state index in [4.69, 9.17) is 9.72 Å². The molecule has 2 amide bonds. The van der Waals surface area contributed by atoms with Crippen molar-refractivity contribution in [3.8, 4) is 5.75 Å². The number of carbonyl (C=O) groups is 2. The lowest BCUT2D eigenvalue weighted by atomic mass is 10.1. The van der Waals surface area contributed by atoms with Gasteiger partial charge < -0.3 is 19.1 Å². The molecule has 1 fully saturated rings. The Bertz CT molecular complexity index is 1210. The Morgan fingerprint density at radius 1 is 1.23 bits per heavy atom. The van der Waals surface area contributed by atoms with E-state index in [9.17, 15) is 9.59 Å². The molecule has 10 heteroatoms. The predicted molar refractivity (Wildman–Crippen MR) is 133 cm³/mol. The second kappa shape index (κ2) is 11.1. The number of carbonyl (C=O) groups excluding carboxylic acids is 2. The number of nitrogens with zero attached hydrogens (tertiary/aromatic N) is 6. The van der Waals surface area contributed by atoms with E-state index in [0.29, 0.717) is 42.4 Å². The highest BCUT2D eigenvalue weighted by Crippen LogP contribution is 2.35. The molecule has 3 heterocycles. The van der Waals surface area contributed by atoms with Gasteiger partial charge in [-0.2, -0.15) is 10.2 Å². The first kappa shape index (κ1) is 24.3. The minimum atomic E-state index is -0.330. The zero-order valence-corrected chi connectivity index (χ0v) is 20.3. The van der Waals surface area contributed by atoms with Crippen LogP contribution in [0.1, 0.15) is 35.7 Å². The molecule has 1 aliphatic rings. The van der Waals surface area contributed by atoms with Gasteiger partial charge in [0.1, 0.15) is 11.3 Å². The van der Waals surface area contributed by atoms with Crippen molar-refractivity contribution in [2.45, 2.75) is 25.3 Å². The SMILES string of the molecule is COc1cccc2nc(NC(=O)c3ccnnc3)n([C@@H]3CCCCN(C(=O)/C=C/CN(C)C)C3)c12. The zero-order valence-electron chi connectivity index (χ0n) is 20.3. The maximum absolute atomic E-state index is 13.0. The molecule has 35 heavy (non-hydrogen) atoms. The molecule has 3 aromatic rings. The molecule has 1 aromatic carbocycles. The fourth-order valence-electron chi connectivity index (χ4n) is 4.32. The zero-order chi connectivity index (χ0) is 24.8. The summed E-state index contributed by atoms with van der Waals surface area (Å²) in [6.07, 6.45) is 9.12. The van der Waals surface area contributed by atoms with Crippen molar-refractivity contribution in [2.75, 3.05) is 46.2 Å². The van der Waals surface area contributed by atoms with E-state index in [1.54, 1.807) is 19.3 Å². The van der Waals surface area contributed by atoms with Gasteiger partial charge in [0.25, 0.3) is 5.91 Å². The molecule has 1 aliphatic heterocycles. The first-order valence-electron chi connectivity index (χ1n) is 11.7. The van der Waals surface area contributed by atoms with Crippen molar-refractivity contribution in [3.63, 3.8) is 0 Å². The van der Waals surface area contributed by atoms with Crippen LogP contribution in [0.15, 0.2) is 48.8 Å². The van der Waals surface area contributed by atoms with E-state index in [1.165, 1.54) is 12.4 Å². The monoisotopic (exact) mass is 477 g/mol. The van der Waals surface area contributed by atoms with E-state index >= 15 is 0 Å². The number of methoxy groups -OCH3 is 1. The maximum Gasteiger partial charge on any atom is 0.259 e. The largest absolute Gasteiger partial charge is 0.494 e. The van der Waals surface area contributed by atoms with Crippen LogP contribution in [0.25, 0.3) is 11.0 Å². The number of fused-ring (bicyclic) bond motifs is 1. The van der Waals surface area contributed by atoms with Gasteiger partial charge in [-0.15, -0.1) is 0 Å². The van der Waals surface area contributed by atoms with Crippen LogP contribution in [0.5, 0.6) is 5.75 Å². The smallest absolute Gasteiger partial charge is 0.259 e. The van der Waals surface area contributed by atoms with Gasteiger partial charge in [-0.05, 0) is 51.6 Å². The molecule has 184 valence electrons. The number of anilines is 1. The van der Waals surface area contributed by atoms with Crippen molar-refractivity contribution in [1.29, 1.82) is 0 Å². The number of imidazole rings is 1. The number of aromatic nitrogens is 4. The van der Waals surface area contributed by atoms with Crippen molar-refractivity contribution in [2.24, 2.45) is 0 Å². The molecule has 10 nitrogen and oxygen atoms in total. The van der Waals surface area contributed by atoms with E-state index in [1.807, 2.05) is 52.7 Å². The summed E-state index contributed by atoms with van der Waals surface area (Å²) in [6.45, 7) is 1.90. The Labute approximate surface area is 204 Å². The minimum absolute atomic E-state index is 0.0106. The summed E-state index contributed by atoms with van der Waals surface area (Å²) in [5.41, 5.74) is 1.88. The van der Waals surface area contributed by atoms with E-state index in [2.05, 4.69) is 15.5 Å². The molecule has 1 N–H and O–H groups in total. The molecule has 2 aromatic heterocycles. The van der Waals surface area contributed by atoms with Crippen molar-refractivity contribution in [1.82, 2.24) is 29.5 Å². The Kier molecular flexibility index (Phi) is 7.71.